The van der Waals surface area contributed by atoms with Gasteiger partial charge in [0.05, 0.1) is 22.5 Å². The number of alkyl halides is 3. The van der Waals surface area contributed by atoms with Crippen molar-refractivity contribution in [2.24, 2.45) is 5.41 Å². The van der Waals surface area contributed by atoms with Crippen molar-refractivity contribution in [2.45, 2.75) is 45.6 Å². The standard InChI is InChI=1S/C25H27ClF4N6O2S/c1-24(2,3)22(38)35-12-11-31-18(19(35)25(28,29)30)20-32-23(34(4)13-14-9-10-17(26)39-14)36(33-20)21(37)15-7-5-6-8-16(15)27/h5-10,18-19,31H,11-13H2,1-4H3. The lowest BCUT2D eigenvalue weighted by Crippen LogP contribution is -2.62. The van der Waals surface area contributed by atoms with Gasteiger partial charge in [0.1, 0.15) is 5.82 Å². The highest BCUT2D eigenvalue weighted by atomic mass is 35.5. The van der Waals surface area contributed by atoms with Gasteiger partial charge in [0.15, 0.2) is 11.9 Å². The van der Waals surface area contributed by atoms with E-state index in [9.17, 15) is 27.2 Å². The fourth-order valence-electron chi connectivity index (χ4n) is 4.35. The molecule has 1 aromatic carbocycles. The van der Waals surface area contributed by atoms with E-state index < -0.39 is 41.3 Å². The van der Waals surface area contributed by atoms with Crippen LogP contribution in [0.1, 0.15) is 47.9 Å². The molecular formula is C25H27ClF4N6O2S. The Hall–Kier alpha value is -3.03. The first-order valence-corrected chi connectivity index (χ1v) is 13.2. The van der Waals surface area contributed by atoms with Gasteiger partial charge in [0.2, 0.25) is 11.9 Å². The molecule has 4 rings (SSSR count). The SMILES string of the molecule is CN(Cc1ccc(Cl)s1)c1nc(C2NCCN(C(=O)C(C)(C)C)C2C(F)(F)F)nn1C(=O)c1ccccc1F. The Morgan fingerprint density at radius 1 is 1.18 bits per heavy atom. The van der Waals surface area contributed by atoms with Gasteiger partial charge < -0.3 is 15.1 Å². The van der Waals surface area contributed by atoms with Crippen LogP contribution in [0.25, 0.3) is 0 Å². The van der Waals surface area contributed by atoms with E-state index >= 15 is 0 Å². The molecule has 3 heterocycles. The molecule has 0 bridgehead atoms. The number of benzene rings is 1. The predicted octanol–water partition coefficient (Wildman–Crippen LogP) is 4.91. The van der Waals surface area contributed by atoms with Crippen LogP contribution in [-0.2, 0) is 11.3 Å². The molecule has 2 unspecified atom stereocenters. The van der Waals surface area contributed by atoms with E-state index in [1.165, 1.54) is 34.4 Å². The van der Waals surface area contributed by atoms with Gasteiger partial charge in [0, 0.05) is 30.4 Å². The summed E-state index contributed by atoms with van der Waals surface area (Å²) < 4.78 is 59.3. The quantitative estimate of drug-likeness (QED) is 0.428. The summed E-state index contributed by atoms with van der Waals surface area (Å²) in [5, 5.41) is 6.94. The topological polar surface area (TPSA) is 83.4 Å². The van der Waals surface area contributed by atoms with Gasteiger partial charge >= 0.3 is 6.18 Å². The molecule has 1 aliphatic heterocycles. The maximum absolute atomic E-state index is 14.5. The summed E-state index contributed by atoms with van der Waals surface area (Å²) >= 11 is 7.31. The Morgan fingerprint density at radius 3 is 2.46 bits per heavy atom. The van der Waals surface area contributed by atoms with Crippen molar-refractivity contribution in [2.75, 3.05) is 25.0 Å². The van der Waals surface area contributed by atoms with Crippen molar-refractivity contribution >= 4 is 40.7 Å². The molecule has 1 amide bonds. The molecule has 39 heavy (non-hydrogen) atoms. The Kier molecular flexibility index (Phi) is 8.06. The highest BCUT2D eigenvalue weighted by molar-refractivity contribution is 7.16. The summed E-state index contributed by atoms with van der Waals surface area (Å²) in [5.74, 6) is -2.83. The first kappa shape index (κ1) is 29.0. The first-order valence-electron chi connectivity index (χ1n) is 12.0. The lowest BCUT2D eigenvalue weighted by atomic mass is 9.91. The van der Waals surface area contributed by atoms with Crippen molar-refractivity contribution in [3.63, 3.8) is 0 Å². The molecule has 0 aliphatic carbocycles. The second kappa shape index (κ2) is 10.9. The number of anilines is 1. The van der Waals surface area contributed by atoms with Crippen LogP contribution >= 0.6 is 22.9 Å². The third kappa shape index (κ3) is 6.10. The number of nitrogens with one attached hydrogen (secondary N) is 1. The number of thiophene rings is 1. The highest BCUT2D eigenvalue weighted by Gasteiger charge is 2.54. The van der Waals surface area contributed by atoms with E-state index in [1.807, 2.05) is 0 Å². The van der Waals surface area contributed by atoms with Crippen molar-refractivity contribution in [3.05, 3.63) is 62.8 Å². The molecule has 1 saturated heterocycles. The van der Waals surface area contributed by atoms with Gasteiger partial charge in [-0.25, -0.2) is 4.39 Å². The summed E-state index contributed by atoms with van der Waals surface area (Å²) in [4.78, 5) is 33.8. The van der Waals surface area contributed by atoms with E-state index in [2.05, 4.69) is 15.4 Å². The number of amides is 1. The van der Waals surface area contributed by atoms with Gasteiger partial charge in [0.25, 0.3) is 5.91 Å². The molecule has 1 fully saturated rings. The third-order valence-electron chi connectivity index (χ3n) is 6.15. The maximum atomic E-state index is 14.5. The van der Waals surface area contributed by atoms with Crippen LogP contribution < -0.4 is 10.2 Å². The second-order valence-corrected chi connectivity index (χ2v) is 12.0. The molecular weight excluding hydrogens is 560 g/mol. The first-order chi connectivity index (χ1) is 18.2. The number of nitrogens with zero attached hydrogens (tertiary/aromatic N) is 5. The summed E-state index contributed by atoms with van der Waals surface area (Å²) in [6.07, 6.45) is -4.83. The van der Waals surface area contributed by atoms with Crippen LogP contribution in [0.4, 0.5) is 23.5 Å². The zero-order chi connectivity index (χ0) is 28.7. The van der Waals surface area contributed by atoms with Gasteiger partial charge in [-0.3, -0.25) is 9.59 Å². The van der Waals surface area contributed by atoms with Crippen LogP contribution in [-0.4, -0.2) is 63.8 Å². The average Bonchev–Trinajstić information content (AvgIpc) is 3.48. The van der Waals surface area contributed by atoms with E-state index in [4.69, 9.17) is 11.6 Å². The molecule has 2 atom stereocenters. The summed E-state index contributed by atoms with van der Waals surface area (Å²) in [5.41, 5.74) is -1.39. The number of halogens is 5. The number of carbonyl (C=O) groups is 2. The molecule has 1 aliphatic rings. The van der Waals surface area contributed by atoms with Gasteiger partial charge in [-0.15, -0.1) is 16.4 Å². The molecule has 0 radical (unpaired) electrons. The molecule has 8 nitrogen and oxygen atoms in total. The van der Waals surface area contributed by atoms with Crippen molar-refractivity contribution in [1.29, 1.82) is 0 Å². The molecule has 210 valence electrons. The highest BCUT2D eigenvalue weighted by Crippen LogP contribution is 2.38. The second-order valence-electron chi connectivity index (χ2n) is 10.2. The van der Waals surface area contributed by atoms with E-state index in [-0.39, 0.29) is 37.0 Å². The minimum absolute atomic E-state index is 0.0493. The van der Waals surface area contributed by atoms with Crippen LogP contribution in [0, 0.1) is 11.2 Å². The largest absolute Gasteiger partial charge is 0.410 e. The minimum Gasteiger partial charge on any atom is -0.339 e. The van der Waals surface area contributed by atoms with Gasteiger partial charge in [-0.2, -0.15) is 22.8 Å². The fraction of sp³-hybridized carbons (Fsp3) is 0.440. The van der Waals surface area contributed by atoms with Crippen LogP contribution in [0.5, 0.6) is 0 Å². The predicted molar refractivity (Wildman–Crippen MR) is 139 cm³/mol. The smallest absolute Gasteiger partial charge is 0.339 e. The number of piperazine rings is 1. The van der Waals surface area contributed by atoms with Crippen LogP contribution in [0.15, 0.2) is 36.4 Å². The van der Waals surface area contributed by atoms with Crippen molar-refractivity contribution in [3.8, 4) is 0 Å². The van der Waals surface area contributed by atoms with Crippen LogP contribution in [0.2, 0.25) is 4.34 Å². The lowest BCUT2D eigenvalue weighted by molar-refractivity contribution is -0.205. The number of hydrogen-bond donors (Lipinski definition) is 1. The molecule has 1 N–H and O–H groups in total. The molecule has 0 spiro atoms. The van der Waals surface area contributed by atoms with Gasteiger partial charge in [-0.1, -0.05) is 44.5 Å². The molecule has 0 saturated carbocycles. The Labute approximate surface area is 231 Å². The number of rotatable bonds is 5. The lowest BCUT2D eigenvalue weighted by Gasteiger charge is -2.43. The van der Waals surface area contributed by atoms with Crippen molar-refractivity contribution < 1.29 is 27.2 Å². The monoisotopic (exact) mass is 586 g/mol. The van der Waals surface area contributed by atoms with E-state index in [1.54, 1.807) is 40.0 Å². The normalized spacial score (nSPS) is 18.3. The van der Waals surface area contributed by atoms with E-state index in [0.717, 1.165) is 20.5 Å². The summed E-state index contributed by atoms with van der Waals surface area (Å²) in [7, 11) is 1.58. The molecule has 3 aromatic rings. The Balaban J connectivity index is 1.80. The number of carbonyl (C=O) groups excluding carboxylic acids is 2. The van der Waals surface area contributed by atoms with Crippen molar-refractivity contribution in [1.82, 2.24) is 25.0 Å². The molecule has 14 heteroatoms. The average molecular weight is 587 g/mol. The fourth-order valence-corrected chi connectivity index (χ4v) is 5.49. The van der Waals surface area contributed by atoms with E-state index in [0.29, 0.717) is 4.34 Å². The summed E-state index contributed by atoms with van der Waals surface area (Å²) in [6, 6.07) is 4.83. The number of aromatic nitrogens is 3. The number of hydrogen-bond acceptors (Lipinski definition) is 7. The third-order valence-corrected chi connectivity index (χ3v) is 7.37. The zero-order valence-corrected chi connectivity index (χ0v) is 23.2. The minimum atomic E-state index is -4.83. The maximum Gasteiger partial charge on any atom is 0.410 e. The molecule has 2 aromatic heterocycles. The zero-order valence-electron chi connectivity index (χ0n) is 21.6. The Bertz CT molecular complexity index is 1370. The Morgan fingerprint density at radius 2 is 1.87 bits per heavy atom. The van der Waals surface area contributed by atoms with Crippen LogP contribution in [0.3, 0.4) is 0 Å². The van der Waals surface area contributed by atoms with Gasteiger partial charge in [-0.05, 0) is 24.3 Å². The summed E-state index contributed by atoms with van der Waals surface area (Å²) in [6.45, 7) is 4.72.